The maximum Gasteiger partial charge on any atom is 0.303 e. The Bertz CT molecular complexity index is 383. The zero-order chi connectivity index (χ0) is 13.7. The third-order valence-electron chi connectivity index (χ3n) is 2.63. The molecule has 0 bridgehead atoms. The number of aliphatic hydroxyl groups excluding tert-OH is 1. The maximum atomic E-state index is 10.6. The summed E-state index contributed by atoms with van der Waals surface area (Å²) in [6.07, 6.45) is -0.716. The number of carboxylic acid groups (broad SMARTS) is 1. The van der Waals surface area contributed by atoms with Gasteiger partial charge in [0.15, 0.2) is 0 Å². The molecule has 0 saturated heterocycles. The van der Waals surface area contributed by atoms with E-state index in [4.69, 9.17) is 9.84 Å². The average molecular weight is 252 g/mol. The first kappa shape index (κ1) is 14.5. The predicted octanol–water partition coefficient (Wildman–Crippen LogP) is 2.62. The van der Waals surface area contributed by atoms with E-state index in [1.54, 1.807) is 31.2 Å². The number of aliphatic hydroxyl groups is 1. The number of hydrogen-bond donors (Lipinski definition) is 2. The number of ether oxygens (including phenoxy) is 1. The lowest BCUT2D eigenvalue weighted by Crippen LogP contribution is -2.13. The fourth-order valence-corrected chi connectivity index (χ4v) is 1.73. The first-order valence-corrected chi connectivity index (χ1v) is 6.06. The summed E-state index contributed by atoms with van der Waals surface area (Å²) in [5.74, 6) is -0.479. The Kier molecular flexibility index (Phi) is 5.16. The number of carbonyl (C=O) groups is 1. The van der Waals surface area contributed by atoms with Crippen molar-refractivity contribution in [3.8, 4) is 5.75 Å². The van der Waals surface area contributed by atoms with Crippen LogP contribution in [-0.2, 0) is 4.79 Å². The average Bonchev–Trinajstić information content (AvgIpc) is 2.27. The second kappa shape index (κ2) is 6.40. The van der Waals surface area contributed by atoms with Crippen molar-refractivity contribution in [1.82, 2.24) is 0 Å². The molecule has 100 valence electrons. The molecule has 0 aromatic heterocycles. The summed E-state index contributed by atoms with van der Waals surface area (Å²) >= 11 is 0. The number of benzene rings is 1. The molecule has 1 aromatic carbocycles. The summed E-state index contributed by atoms with van der Waals surface area (Å²) in [5, 5.41) is 18.7. The first-order valence-electron chi connectivity index (χ1n) is 6.06. The van der Waals surface area contributed by atoms with Crippen molar-refractivity contribution in [3.63, 3.8) is 0 Å². The smallest absolute Gasteiger partial charge is 0.303 e. The third kappa shape index (κ3) is 4.37. The van der Waals surface area contributed by atoms with E-state index in [9.17, 15) is 9.90 Å². The number of carboxylic acids is 1. The van der Waals surface area contributed by atoms with E-state index < -0.39 is 12.1 Å². The van der Waals surface area contributed by atoms with Gasteiger partial charge in [-0.05, 0) is 37.5 Å². The SMILES string of the molecule is CC(C)Oc1ccc(C(O)C(C)CC(=O)O)cc1. The molecule has 2 atom stereocenters. The molecular weight excluding hydrogens is 232 g/mol. The molecule has 0 spiro atoms. The van der Waals surface area contributed by atoms with Gasteiger partial charge in [-0.1, -0.05) is 19.1 Å². The summed E-state index contributed by atoms with van der Waals surface area (Å²) in [7, 11) is 0. The molecule has 2 N–H and O–H groups in total. The standard InChI is InChI=1S/C14H20O4/c1-9(2)18-12-6-4-11(5-7-12)14(17)10(3)8-13(15)16/h4-7,9-10,14,17H,8H2,1-3H3,(H,15,16). The van der Waals surface area contributed by atoms with E-state index in [1.807, 2.05) is 13.8 Å². The van der Waals surface area contributed by atoms with Gasteiger partial charge in [-0.3, -0.25) is 4.79 Å². The highest BCUT2D eigenvalue weighted by atomic mass is 16.5. The van der Waals surface area contributed by atoms with E-state index in [0.717, 1.165) is 5.75 Å². The molecule has 0 fully saturated rings. The van der Waals surface area contributed by atoms with Crippen molar-refractivity contribution >= 4 is 5.97 Å². The fraction of sp³-hybridized carbons (Fsp3) is 0.500. The molecule has 0 aliphatic carbocycles. The van der Waals surface area contributed by atoms with E-state index in [2.05, 4.69) is 0 Å². The van der Waals surface area contributed by atoms with Crippen LogP contribution in [0.5, 0.6) is 5.75 Å². The lowest BCUT2D eigenvalue weighted by atomic mass is 9.95. The van der Waals surface area contributed by atoms with Gasteiger partial charge in [-0.25, -0.2) is 0 Å². The van der Waals surface area contributed by atoms with E-state index in [0.29, 0.717) is 5.56 Å². The zero-order valence-corrected chi connectivity index (χ0v) is 11.0. The Morgan fingerprint density at radius 2 is 1.78 bits per heavy atom. The molecule has 2 unspecified atom stereocenters. The topological polar surface area (TPSA) is 66.8 Å². The molecule has 0 aliphatic rings. The zero-order valence-electron chi connectivity index (χ0n) is 11.0. The third-order valence-corrected chi connectivity index (χ3v) is 2.63. The normalized spacial score (nSPS) is 14.3. The summed E-state index contributed by atoms with van der Waals surface area (Å²) in [5.41, 5.74) is 0.708. The highest BCUT2D eigenvalue weighted by Gasteiger charge is 2.19. The Morgan fingerprint density at radius 3 is 2.22 bits per heavy atom. The van der Waals surface area contributed by atoms with Crippen molar-refractivity contribution in [1.29, 1.82) is 0 Å². The Labute approximate surface area is 107 Å². The monoisotopic (exact) mass is 252 g/mol. The van der Waals surface area contributed by atoms with Gasteiger partial charge < -0.3 is 14.9 Å². The summed E-state index contributed by atoms with van der Waals surface area (Å²) in [6, 6.07) is 7.10. The number of hydrogen-bond acceptors (Lipinski definition) is 3. The minimum atomic E-state index is -0.902. The van der Waals surface area contributed by atoms with E-state index in [-0.39, 0.29) is 18.4 Å². The van der Waals surface area contributed by atoms with Crippen molar-refractivity contribution in [2.24, 2.45) is 5.92 Å². The van der Waals surface area contributed by atoms with Crippen molar-refractivity contribution in [2.45, 2.75) is 39.4 Å². The van der Waals surface area contributed by atoms with E-state index >= 15 is 0 Å². The molecule has 1 aromatic rings. The van der Waals surface area contributed by atoms with Crippen LogP contribution in [0.2, 0.25) is 0 Å². The highest BCUT2D eigenvalue weighted by molar-refractivity contribution is 5.67. The highest BCUT2D eigenvalue weighted by Crippen LogP contribution is 2.26. The van der Waals surface area contributed by atoms with Gasteiger partial charge in [0.1, 0.15) is 5.75 Å². The summed E-state index contributed by atoms with van der Waals surface area (Å²) in [4.78, 5) is 10.6. The van der Waals surface area contributed by atoms with Crippen LogP contribution in [0.4, 0.5) is 0 Å². The molecule has 0 saturated carbocycles. The van der Waals surface area contributed by atoms with Gasteiger partial charge in [-0.2, -0.15) is 0 Å². The largest absolute Gasteiger partial charge is 0.491 e. The molecule has 1 rings (SSSR count). The quantitative estimate of drug-likeness (QED) is 0.816. The van der Waals surface area contributed by atoms with Crippen molar-refractivity contribution in [3.05, 3.63) is 29.8 Å². The van der Waals surface area contributed by atoms with Crippen LogP contribution in [0, 0.1) is 5.92 Å². The van der Waals surface area contributed by atoms with Crippen LogP contribution >= 0.6 is 0 Å². The predicted molar refractivity (Wildman–Crippen MR) is 68.6 cm³/mol. The Morgan fingerprint density at radius 1 is 1.22 bits per heavy atom. The lowest BCUT2D eigenvalue weighted by Gasteiger charge is -2.18. The van der Waals surface area contributed by atoms with Crippen LogP contribution in [0.3, 0.4) is 0 Å². The van der Waals surface area contributed by atoms with Crippen LogP contribution in [0.1, 0.15) is 38.9 Å². The number of aliphatic carboxylic acids is 1. The Hall–Kier alpha value is -1.55. The second-order valence-corrected chi connectivity index (χ2v) is 4.76. The van der Waals surface area contributed by atoms with Gasteiger partial charge in [-0.15, -0.1) is 0 Å². The van der Waals surface area contributed by atoms with Crippen molar-refractivity contribution in [2.75, 3.05) is 0 Å². The van der Waals surface area contributed by atoms with Crippen LogP contribution in [0.25, 0.3) is 0 Å². The van der Waals surface area contributed by atoms with Gasteiger partial charge in [0.05, 0.1) is 18.6 Å². The van der Waals surface area contributed by atoms with Crippen molar-refractivity contribution < 1.29 is 19.7 Å². The maximum absolute atomic E-state index is 10.6. The first-order chi connectivity index (χ1) is 8.40. The summed E-state index contributed by atoms with van der Waals surface area (Å²) in [6.45, 7) is 5.60. The fourth-order valence-electron chi connectivity index (χ4n) is 1.73. The molecular formula is C14H20O4. The lowest BCUT2D eigenvalue weighted by molar-refractivity contribution is -0.139. The second-order valence-electron chi connectivity index (χ2n) is 4.76. The van der Waals surface area contributed by atoms with Gasteiger partial charge in [0, 0.05) is 0 Å². The molecule has 18 heavy (non-hydrogen) atoms. The molecule has 4 heteroatoms. The van der Waals surface area contributed by atoms with Gasteiger partial charge in [0.25, 0.3) is 0 Å². The van der Waals surface area contributed by atoms with Crippen LogP contribution < -0.4 is 4.74 Å². The minimum absolute atomic E-state index is 0.0502. The molecule has 0 amide bonds. The minimum Gasteiger partial charge on any atom is -0.491 e. The van der Waals surface area contributed by atoms with Crippen LogP contribution in [-0.4, -0.2) is 22.3 Å². The van der Waals surface area contributed by atoms with Crippen LogP contribution in [0.15, 0.2) is 24.3 Å². The van der Waals surface area contributed by atoms with E-state index in [1.165, 1.54) is 0 Å². The molecule has 0 aliphatic heterocycles. The molecule has 0 radical (unpaired) electrons. The summed E-state index contributed by atoms with van der Waals surface area (Å²) < 4.78 is 5.50. The van der Waals surface area contributed by atoms with Gasteiger partial charge in [0.2, 0.25) is 0 Å². The van der Waals surface area contributed by atoms with Gasteiger partial charge >= 0.3 is 5.97 Å². The Balaban J connectivity index is 2.69. The molecule has 4 nitrogen and oxygen atoms in total. The number of rotatable bonds is 6. The molecule has 0 heterocycles.